The van der Waals surface area contributed by atoms with E-state index in [-0.39, 0.29) is 10.1 Å². The van der Waals surface area contributed by atoms with E-state index < -0.39 is 46.8 Å². The third-order valence-corrected chi connectivity index (χ3v) is 19.9. The van der Waals surface area contributed by atoms with Gasteiger partial charge in [-0.1, -0.05) is 163 Å². The topological polar surface area (TPSA) is 55.8 Å². The van der Waals surface area contributed by atoms with Gasteiger partial charge >= 0.3 is 0 Å². The summed E-state index contributed by atoms with van der Waals surface area (Å²) in [6, 6.07) is 40.3. The number of aliphatic hydroxyl groups is 1. The Morgan fingerprint density at radius 2 is 0.820 bits per heavy atom. The van der Waals surface area contributed by atoms with Crippen molar-refractivity contribution in [1.29, 1.82) is 0 Å². The maximum Gasteiger partial charge on any atom is 0.261 e. The van der Waals surface area contributed by atoms with Crippen LogP contribution in [0.4, 0.5) is 8.78 Å². The maximum absolute atomic E-state index is 14.8. The Balaban J connectivity index is 0.000000270. The third kappa shape index (κ3) is 8.77. The molecule has 0 radical (unpaired) electrons. The molecule has 50 heavy (non-hydrogen) atoms. The predicted octanol–water partition coefficient (Wildman–Crippen LogP) is 7.55. The first-order chi connectivity index (χ1) is 23.3. The van der Waals surface area contributed by atoms with Crippen LogP contribution in [0.25, 0.3) is 0 Å². The van der Waals surface area contributed by atoms with Crippen LogP contribution >= 0.6 is 0 Å². The fraction of sp³-hybridized carbons (Fsp3) is 0.405. The van der Waals surface area contributed by atoms with Crippen LogP contribution in [0, 0.1) is 0 Å². The first-order valence-corrected chi connectivity index (χ1v) is 21.1. The normalized spacial score (nSPS) is 16.2. The lowest BCUT2D eigenvalue weighted by atomic mass is 10.1. The van der Waals surface area contributed by atoms with Crippen molar-refractivity contribution in [3.05, 3.63) is 121 Å². The molecule has 8 heteroatoms. The highest BCUT2D eigenvalue weighted by atomic mass is 28.4. The highest BCUT2D eigenvalue weighted by Gasteiger charge is 2.54. The molecule has 0 amide bonds. The average molecular weight is 719 g/mol. The van der Waals surface area contributed by atoms with E-state index in [1.54, 1.807) is 13.8 Å². The second kappa shape index (κ2) is 16.4. The Kier molecular flexibility index (Phi) is 13.5. The minimum Gasteiger partial charge on any atom is -0.401 e. The summed E-state index contributed by atoms with van der Waals surface area (Å²) in [6.07, 6.45) is -1.24. The van der Waals surface area contributed by atoms with Gasteiger partial charge in [0.1, 0.15) is 0 Å². The molecule has 0 aromatic heterocycles. The highest BCUT2D eigenvalue weighted by molar-refractivity contribution is 7.00. The van der Waals surface area contributed by atoms with Crippen molar-refractivity contribution >= 4 is 43.7 Å². The van der Waals surface area contributed by atoms with Crippen molar-refractivity contribution < 1.29 is 27.5 Å². The van der Waals surface area contributed by atoms with Crippen molar-refractivity contribution in [2.24, 2.45) is 0 Å². The van der Waals surface area contributed by atoms with Crippen LogP contribution in [-0.2, 0) is 13.6 Å². The first-order valence-electron chi connectivity index (χ1n) is 17.3. The Morgan fingerprint density at radius 3 is 1.04 bits per heavy atom. The smallest absolute Gasteiger partial charge is 0.261 e. The molecule has 0 aliphatic carbocycles. The number of halogens is 2. The molecule has 4 aromatic carbocycles. The van der Waals surface area contributed by atoms with Crippen LogP contribution in [0.5, 0.6) is 0 Å². The Bertz CT molecular complexity index is 1530. The van der Waals surface area contributed by atoms with Crippen LogP contribution in [0.3, 0.4) is 0 Å². The number of alkyl halides is 2. The number of hydrogen-bond donors (Lipinski definition) is 1. The lowest BCUT2D eigenvalue weighted by Gasteiger charge is -2.46. The molecule has 4 unspecified atom stereocenters. The van der Waals surface area contributed by atoms with Gasteiger partial charge in [-0.25, -0.2) is 8.78 Å². The lowest BCUT2D eigenvalue weighted by Crippen LogP contribution is -2.68. The Morgan fingerprint density at radius 1 is 0.560 bits per heavy atom. The zero-order valence-corrected chi connectivity index (χ0v) is 33.4. The van der Waals surface area contributed by atoms with Crippen molar-refractivity contribution in [3.63, 3.8) is 0 Å². The number of aldehydes is 1. The summed E-state index contributed by atoms with van der Waals surface area (Å²) in [4.78, 5) is 11.2. The zero-order chi connectivity index (χ0) is 37.4. The molecule has 0 aliphatic heterocycles. The maximum atomic E-state index is 14.8. The Labute approximate surface area is 301 Å². The summed E-state index contributed by atoms with van der Waals surface area (Å²) in [5.41, 5.74) is -3.83. The van der Waals surface area contributed by atoms with Gasteiger partial charge in [0.05, 0.1) is 18.8 Å². The molecule has 270 valence electrons. The summed E-state index contributed by atoms with van der Waals surface area (Å²) in [7, 11) is -5.63. The van der Waals surface area contributed by atoms with Crippen molar-refractivity contribution in [3.8, 4) is 0 Å². The second-order valence-corrected chi connectivity index (χ2v) is 24.1. The van der Waals surface area contributed by atoms with Crippen LogP contribution in [0.1, 0.15) is 69.2 Å². The number of hydrogen-bond acceptors (Lipinski definition) is 4. The standard InChI is InChI=1S/C21H29FO2Si.C21H27FO2Si/c2*1-17(21(5,22)16-23)24-25(20(2,3)4,18-12-8-6-9-13-18)19-14-10-7-11-15-19/h6-15,17,23H,16H2,1-5H3;6-17H,1-5H3. The minimum atomic E-state index is -2.84. The predicted molar refractivity (Wildman–Crippen MR) is 209 cm³/mol. The van der Waals surface area contributed by atoms with E-state index >= 15 is 0 Å². The first kappa shape index (κ1) is 41.1. The Hall–Kier alpha value is -3.28. The summed E-state index contributed by atoms with van der Waals surface area (Å²) < 4.78 is 42.7. The summed E-state index contributed by atoms with van der Waals surface area (Å²) in [5.74, 6) is 0. The van der Waals surface area contributed by atoms with Gasteiger partial charge in [0.2, 0.25) is 0 Å². The van der Waals surface area contributed by atoms with E-state index in [4.69, 9.17) is 8.85 Å². The van der Waals surface area contributed by atoms with E-state index in [1.807, 2.05) is 97.1 Å². The van der Waals surface area contributed by atoms with E-state index in [9.17, 15) is 18.7 Å². The quantitative estimate of drug-likeness (QED) is 0.122. The van der Waals surface area contributed by atoms with Crippen molar-refractivity contribution in [1.82, 2.24) is 0 Å². The largest absolute Gasteiger partial charge is 0.401 e. The molecule has 0 saturated heterocycles. The molecule has 4 aromatic rings. The van der Waals surface area contributed by atoms with E-state index in [1.165, 1.54) is 13.8 Å². The van der Waals surface area contributed by atoms with Gasteiger partial charge in [-0.05, 0) is 58.5 Å². The summed E-state index contributed by atoms with van der Waals surface area (Å²) >= 11 is 0. The molecule has 1 N–H and O–H groups in total. The molecule has 4 nitrogen and oxygen atoms in total. The SMILES string of the molecule is CC(O[Si](c1ccccc1)(c1ccccc1)C(C)(C)C)C(C)(F)C=O.CC(O[Si](c1ccccc1)(c1ccccc1)C(C)(C)C)C(C)(F)CO. The van der Waals surface area contributed by atoms with Crippen LogP contribution in [-0.4, -0.2) is 58.2 Å². The monoisotopic (exact) mass is 718 g/mol. The van der Waals surface area contributed by atoms with E-state index in [0.29, 0.717) is 6.29 Å². The van der Waals surface area contributed by atoms with E-state index in [2.05, 4.69) is 65.8 Å². The second-order valence-electron chi connectivity index (χ2n) is 15.6. The van der Waals surface area contributed by atoms with Gasteiger partial charge in [-0.2, -0.15) is 0 Å². The third-order valence-electron chi connectivity index (χ3n) is 9.72. The van der Waals surface area contributed by atoms with E-state index in [0.717, 1.165) is 20.7 Å². The molecule has 0 fully saturated rings. The molecule has 0 aliphatic rings. The highest BCUT2D eigenvalue weighted by Crippen LogP contribution is 2.40. The molecule has 0 bridgehead atoms. The number of carbonyl (C=O) groups excluding carboxylic acids is 1. The fourth-order valence-electron chi connectivity index (χ4n) is 6.38. The average Bonchev–Trinajstić information content (AvgIpc) is 3.10. The molecule has 0 saturated carbocycles. The zero-order valence-electron chi connectivity index (χ0n) is 31.4. The molecule has 4 rings (SSSR count). The van der Waals surface area contributed by atoms with Crippen LogP contribution < -0.4 is 20.7 Å². The molecule has 0 heterocycles. The van der Waals surface area contributed by atoms with Crippen LogP contribution in [0.15, 0.2) is 121 Å². The van der Waals surface area contributed by atoms with Gasteiger partial charge in [-0.15, -0.1) is 0 Å². The van der Waals surface area contributed by atoms with Gasteiger partial charge in [0.25, 0.3) is 16.6 Å². The number of aliphatic hydroxyl groups excluding tert-OH is 1. The lowest BCUT2D eigenvalue weighted by molar-refractivity contribution is -0.122. The van der Waals surface area contributed by atoms with Crippen molar-refractivity contribution in [2.75, 3.05) is 6.61 Å². The van der Waals surface area contributed by atoms with Crippen molar-refractivity contribution in [2.45, 2.75) is 103 Å². The number of rotatable bonds is 12. The van der Waals surface area contributed by atoms with Gasteiger partial charge < -0.3 is 14.0 Å². The molecular formula is C42H56F2O4Si2. The van der Waals surface area contributed by atoms with Gasteiger partial charge in [0.15, 0.2) is 17.6 Å². The molecule has 4 atom stereocenters. The number of carbonyl (C=O) groups is 1. The minimum absolute atomic E-state index is 0.213. The number of benzene rings is 4. The van der Waals surface area contributed by atoms with Crippen LogP contribution in [0.2, 0.25) is 10.1 Å². The summed E-state index contributed by atoms with van der Waals surface area (Å²) in [5, 5.41) is 13.4. The molecule has 0 spiro atoms. The van der Waals surface area contributed by atoms with Gasteiger partial charge in [0, 0.05) is 0 Å². The molecular weight excluding hydrogens is 663 g/mol. The van der Waals surface area contributed by atoms with Gasteiger partial charge in [-0.3, -0.25) is 4.79 Å². The summed E-state index contributed by atoms with van der Waals surface area (Å²) in [6.45, 7) is 18.3. The fourth-order valence-corrected chi connectivity index (χ4v) is 15.9.